The predicted molar refractivity (Wildman–Crippen MR) is 71.6 cm³/mol. The van der Waals surface area contributed by atoms with E-state index in [1.54, 1.807) is 12.1 Å². The van der Waals surface area contributed by atoms with Gasteiger partial charge in [0.1, 0.15) is 0 Å². The van der Waals surface area contributed by atoms with Gasteiger partial charge in [0.2, 0.25) is 10.0 Å². The zero-order valence-corrected chi connectivity index (χ0v) is 11.9. The molecule has 18 heavy (non-hydrogen) atoms. The van der Waals surface area contributed by atoms with E-state index in [-0.39, 0.29) is 23.5 Å². The minimum atomic E-state index is -3.47. The Morgan fingerprint density at radius 2 is 1.78 bits per heavy atom. The van der Waals surface area contributed by atoms with Crippen LogP contribution in [-0.4, -0.2) is 19.6 Å². The number of benzene rings is 1. The SMILES string of the molecule is CCC(NS(=O)(=O)c1ccc(CO)cc1)C(C)C. The van der Waals surface area contributed by atoms with Crippen molar-refractivity contribution in [2.75, 3.05) is 0 Å². The van der Waals surface area contributed by atoms with Crippen molar-refractivity contribution < 1.29 is 13.5 Å². The van der Waals surface area contributed by atoms with E-state index in [0.29, 0.717) is 5.56 Å². The van der Waals surface area contributed by atoms with Crippen molar-refractivity contribution in [3.63, 3.8) is 0 Å². The first-order valence-corrected chi connectivity index (χ1v) is 7.61. The van der Waals surface area contributed by atoms with Gasteiger partial charge in [0.15, 0.2) is 0 Å². The lowest BCUT2D eigenvalue weighted by molar-refractivity contribution is 0.282. The minimum Gasteiger partial charge on any atom is -0.392 e. The third kappa shape index (κ3) is 3.80. The van der Waals surface area contributed by atoms with Crippen LogP contribution in [0.3, 0.4) is 0 Å². The normalized spacial score (nSPS) is 13.8. The molecule has 1 aromatic rings. The van der Waals surface area contributed by atoms with E-state index in [1.165, 1.54) is 12.1 Å². The molecule has 4 nitrogen and oxygen atoms in total. The molecule has 0 aliphatic heterocycles. The maximum Gasteiger partial charge on any atom is 0.240 e. The van der Waals surface area contributed by atoms with Crippen molar-refractivity contribution in [2.24, 2.45) is 5.92 Å². The fourth-order valence-corrected chi connectivity index (χ4v) is 3.20. The molecule has 0 heterocycles. The molecule has 0 radical (unpaired) electrons. The molecule has 102 valence electrons. The highest BCUT2D eigenvalue weighted by Crippen LogP contribution is 2.14. The molecule has 2 N–H and O–H groups in total. The topological polar surface area (TPSA) is 66.4 Å². The van der Waals surface area contributed by atoms with E-state index >= 15 is 0 Å². The van der Waals surface area contributed by atoms with Gasteiger partial charge in [0.25, 0.3) is 0 Å². The summed E-state index contributed by atoms with van der Waals surface area (Å²) >= 11 is 0. The molecule has 0 spiro atoms. The number of sulfonamides is 1. The molecule has 1 unspecified atom stereocenters. The summed E-state index contributed by atoms with van der Waals surface area (Å²) in [5, 5.41) is 8.92. The Hall–Kier alpha value is -0.910. The van der Waals surface area contributed by atoms with Crippen molar-refractivity contribution in [3.8, 4) is 0 Å². The Kier molecular flexibility index (Phi) is 5.31. The van der Waals surface area contributed by atoms with Crippen LogP contribution in [0, 0.1) is 5.92 Å². The lowest BCUT2D eigenvalue weighted by Crippen LogP contribution is -2.37. The molecule has 0 aliphatic carbocycles. The lowest BCUT2D eigenvalue weighted by Gasteiger charge is -2.20. The summed E-state index contributed by atoms with van der Waals surface area (Å²) in [4.78, 5) is 0.235. The van der Waals surface area contributed by atoms with Gasteiger partial charge in [-0.15, -0.1) is 0 Å². The Morgan fingerprint density at radius 3 is 2.17 bits per heavy atom. The van der Waals surface area contributed by atoms with Crippen molar-refractivity contribution in [3.05, 3.63) is 29.8 Å². The molecule has 1 aromatic carbocycles. The van der Waals surface area contributed by atoms with Crippen LogP contribution in [0.15, 0.2) is 29.2 Å². The van der Waals surface area contributed by atoms with Gasteiger partial charge in [-0.25, -0.2) is 13.1 Å². The quantitative estimate of drug-likeness (QED) is 0.830. The lowest BCUT2D eigenvalue weighted by atomic mass is 10.0. The summed E-state index contributed by atoms with van der Waals surface area (Å²) in [6.45, 7) is 5.86. The molecule has 1 rings (SSSR count). The van der Waals surface area contributed by atoms with Crippen LogP contribution in [0.2, 0.25) is 0 Å². The summed E-state index contributed by atoms with van der Waals surface area (Å²) in [5.74, 6) is 0.251. The van der Waals surface area contributed by atoms with Crippen LogP contribution >= 0.6 is 0 Å². The molecular formula is C13H21NO3S. The molecule has 0 aromatic heterocycles. The fourth-order valence-electron chi connectivity index (χ4n) is 1.73. The first-order chi connectivity index (χ1) is 8.40. The largest absolute Gasteiger partial charge is 0.392 e. The molecule has 1 atom stereocenters. The van der Waals surface area contributed by atoms with Crippen molar-refractivity contribution in [1.29, 1.82) is 0 Å². The Balaban J connectivity index is 2.91. The maximum absolute atomic E-state index is 12.1. The monoisotopic (exact) mass is 271 g/mol. The average Bonchev–Trinajstić information content (AvgIpc) is 2.35. The zero-order valence-electron chi connectivity index (χ0n) is 11.1. The van der Waals surface area contributed by atoms with Gasteiger partial charge in [0.05, 0.1) is 11.5 Å². The second-order valence-electron chi connectivity index (χ2n) is 4.68. The summed E-state index contributed by atoms with van der Waals surface area (Å²) in [5.41, 5.74) is 0.699. The van der Waals surface area contributed by atoms with Crippen LogP contribution in [0.5, 0.6) is 0 Å². The number of aliphatic hydroxyl groups is 1. The predicted octanol–water partition coefficient (Wildman–Crippen LogP) is 1.89. The number of rotatable bonds is 6. The van der Waals surface area contributed by atoms with Gasteiger partial charge in [0, 0.05) is 6.04 Å². The summed E-state index contributed by atoms with van der Waals surface area (Å²) in [6.07, 6.45) is 0.756. The van der Waals surface area contributed by atoms with E-state index in [9.17, 15) is 8.42 Å². The molecule has 0 aliphatic rings. The molecular weight excluding hydrogens is 250 g/mol. The van der Waals surface area contributed by atoms with E-state index in [0.717, 1.165) is 6.42 Å². The summed E-state index contributed by atoms with van der Waals surface area (Å²) in [6, 6.07) is 6.20. The van der Waals surface area contributed by atoms with Crippen LogP contribution < -0.4 is 4.72 Å². The van der Waals surface area contributed by atoms with Crippen LogP contribution in [0.4, 0.5) is 0 Å². The molecule has 0 amide bonds. The fraction of sp³-hybridized carbons (Fsp3) is 0.538. The summed E-state index contributed by atoms with van der Waals surface area (Å²) < 4.78 is 27.0. The van der Waals surface area contributed by atoms with Crippen LogP contribution in [0.1, 0.15) is 32.8 Å². The smallest absolute Gasteiger partial charge is 0.240 e. The van der Waals surface area contributed by atoms with Gasteiger partial charge in [-0.2, -0.15) is 0 Å². The second kappa shape index (κ2) is 6.31. The van der Waals surface area contributed by atoms with Gasteiger partial charge < -0.3 is 5.11 Å². The minimum absolute atomic E-state index is 0.0625. The first-order valence-electron chi connectivity index (χ1n) is 6.12. The number of hydrogen-bond acceptors (Lipinski definition) is 3. The molecule has 0 bridgehead atoms. The zero-order chi connectivity index (χ0) is 13.8. The third-order valence-corrected chi connectivity index (χ3v) is 4.47. The van der Waals surface area contributed by atoms with E-state index in [1.807, 2.05) is 20.8 Å². The summed E-state index contributed by atoms with van der Waals surface area (Å²) in [7, 11) is -3.47. The second-order valence-corrected chi connectivity index (χ2v) is 6.40. The first kappa shape index (κ1) is 15.1. The maximum atomic E-state index is 12.1. The Morgan fingerprint density at radius 1 is 1.22 bits per heavy atom. The number of aliphatic hydroxyl groups excluding tert-OH is 1. The van der Waals surface area contributed by atoms with Crippen molar-refractivity contribution in [1.82, 2.24) is 4.72 Å². The van der Waals surface area contributed by atoms with Gasteiger partial charge in [-0.3, -0.25) is 0 Å². The Labute approximate surface area is 109 Å². The molecule has 5 heteroatoms. The van der Waals surface area contributed by atoms with Crippen molar-refractivity contribution >= 4 is 10.0 Å². The van der Waals surface area contributed by atoms with Crippen LogP contribution in [0.25, 0.3) is 0 Å². The van der Waals surface area contributed by atoms with Gasteiger partial charge in [-0.1, -0.05) is 32.9 Å². The highest BCUT2D eigenvalue weighted by Gasteiger charge is 2.20. The van der Waals surface area contributed by atoms with E-state index < -0.39 is 10.0 Å². The molecule has 0 saturated carbocycles. The van der Waals surface area contributed by atoms with Crippen molar-refractivity contribution in [2.45, 2.75) is 44.7 Å². The number of nitrogens with one attached hydrogen (secondary N) is 1. The standard InChI is InChI=1S/C13H21NO3S/c1-4-13(10(2)3)14-18(16,17)12-7-5-11(9-15)6-8-12/h5-8,10,13-15H,4,9H2,1-3H3. The third-order valence-electron chi connectivity index (χ3n) is 2.97. The average molecular weight is 271 g/mol. The highest BCUT2D eigenvalue weighted by molar-refractivity contribution is 7.89. The highest BCUT2D eigenvalue weighted by atomic mass is 32.2. The van der Waals surface area contributed by atoms with E-state index in [2.05, 4.69) is 4.72 Å². The Bertz CT molecular complexity index is 466. The van der Waals surface area contributed by atoms with Gasteiger partial charge >= 0.3 is 0 Å². The van der Waals surface area contributed by atoms with Crippen LogP contribution in [-0.2, 0) is 16.6 Å². The molecule has 0 saturated heterocycles. The van der Waals surface area contributed by atoms with E-state index in [4.69, 9.17) is 5.11 Å². The molecule has 0 fully saturated rings. The van der Waals surface area contributed by atoms with Gasteiger partial charge in [-0.05, 0) is 30.0 Å². The number of hydrogen-bond donors (Lipinski definition) is 2.